The van der Waals surface area contributed by atoms with Gasteiger partial charge >= 0.3 is 6.09 Å². The fourth-order valence-electron chi connectivity index (χ4n) is 9.39. The molecule has 3 amide bonds. The maximum absolute atomic E-state index is 14.8. The van der Waals surface area contributed by atoms with Gasteiger partial charge in [-0.05, 0) is 111 Å². The minimum absolute atomic E-state index is 0.0242. The van der Waals surface area contributed by atoms with E-state index in [-0.39, 0.29) is 37.1 Å². The van der Waals surface area contributed by atoms with Crippen molar-refractivity contribution in [3.05, 3.63) is 35.7 Å². The van der Waals surface area contributed by atoms with Gasteiger partial charge in [0.05, 0.1) is 34.0 Å². The van der Waals surface area contributed by atoms with Gasteiger partial charge in [0.25, 0.3) is 6.01 Å². The van der Waals surface area contributed by atoms with E-state index in [1.54, 1.807) is 39.0 Å². The number of Topliss-reactive ketones (excluding diaryl/α,β-unsaturated/α-hetero) is 1. The number of ether oxygens (including phenoxy) is 2. The largest absolute Gasteiger partial charge is 0.459 e. The molecule has 0 spiro atoms. The van der Waals surface area contributed by atoms with Crippen LogP contribution in [0, 0.1) is 11.3 Å². The number of aromatic nitrogens is 3. The number of fused-ring (bicyclic) bond motifs is 3. The van der Waals surface area contributed by atoms with Crippen molar-refractivity contribution in [1.29, 1.82) is 0 Å². The number of rotatable bonds is 9. The third-order valence-corrected chi connectivity index (χ3v) is 16.5. The first-order valence-electron chi connectivity index (χ1n) is 22.8. The van der Waals surface area contributed by atoms with Gasteiger partial charge in [0, 0.05) is 42.9 Å². The predicted molar refractivity (Wildman–Crippen MR) is 242 cm³/mol. The number of allylic oxidation sites excluding steroid dienone is 2. The predicted octanol–water partition coefficient (Wildman–Crippen LogP) is 7.46. The normalized spacial score (nSPS) is 27.2. The zero-order chi connectivity index (χ0) is 44.9. The molecule has 1 aromatic carbocycles. The molecule has 5 heterocycles. The van der Waals surface area contributed by atoms with Crippen molar-refractivity contribution in [2.75, 3.05) is 24.5 Å². The van der Waals surface area contributed by atoms with Crippen LogP contribution in [-0.2, 0) is 29.1 Å². The lowest BCUT2D eigenvalue weighted by molar-refractivity contribution is -0.140. The van der Waals surface area contributed by atoms with Crippen LogP contribution in [-0.4, -0.2) is 99.7 Å². The Kier molecular flexibility index (Phi) is 12.5. The molecule has 17 heteroatoms. The smallest absolute Gasteiger partial charge is 0.408 e. The van der Waals surface area contributed by atoms with Crippen LogP contribution in [0.15, 0.2) is 35.7 Å². The van der Waals surface area contributed by atoms with E-state index in [2.05, 4.69) is 20.3 Å². The first-order chi connectivity index (χ1) is 29.9. The van der Waals surface area contributed by atoms with Crippen molar-refractivity contribution in [3.8, 4) is 17.3 Å². The number of hydrogen-bond donors (Lipinski definition) is 2. The number of anilines is 1. The third kappa shape index (κ3) is 9.50. The number of nitrogens with one attached hydrogen (secondary N) is 2. The van der Waals surface area contributed by atoms with Crippen molar-refractivity contribution in [2.24, 2.45) is 11.3 Å². The standard InChI is InChI=1S/C46H63N7O8S2/c1-29(2)53-35-19-15-17-32(34-28-62-42(47-34)51-22-13-10-14-23-51)38(35)49-41(53)60-31-24-36-37(54)26-46(40(56)50-63(58,59)45(6)20-21-45)25-30(46)16-11-8-7-9-12-18-33(39(55)52(36)27-31)48-43(57)61-44(3,4)5/h11,15-17,19,28-31,33,36H,7-10,12-14,18,20-27H2,1-6H3,(H,48,57)(H,50,56)/b16-11-/t30-,31-,33+,36+,46-/m1/s1. The second kappa shape index (κ2) is 17.5. The van der Waals surface area contributed by atoms with Gasteiger partial charge in [0.15, 0.2) is 10.9 Å². The molecule has 4 fully saturated rings. The highest BCUT2D eigenvalue weighted by Crippen LogP contribution is 2.57. The molecule has 15 nitrogen and oxygen atoms in total. The van der Waals surface area contributed by atoms with Gasteiger partial charge in [-0.25, -0.2) is 18.2 Å². The summed E-state index contributed by atoms with van der Waals surface area (Å²) < 4.78 is 42.3. The summed E-state index contributed by atoms with van der Waals surface area (Å²) in [7, 11) is -3.97. The van der Waals surface area contributed by atoms with Crippen molar-refractivity contribution in [3.63, 3.8) is 0 Å². The average molecular weight is 906 g/mol. The minimum Gasteiger partial charge on any atom is -0.459 e. The zero-order valence-electron chi connectivity index (χ0n) is 37.5. The van der Waals surface area contributed by atoms with Crippen molar-refractivity contribution in [1.82, 2.24) is 29.5 Å². The number of imidazole rings is 1. The number of nitrogens with zero attached hydrogens (tertiary/aromatic N) is 5. The number of sulfonamides is 1. The number of amides is 3. The molecule has 0 unspecified atom stereocenters. The van der Waals surface area contributed by atoms with Crippen LogP contribution >= 0.6 is 11.3 Å². The summed E-state index contributed by atoms with van der Waals surface area (Å²) in [6.45, 7) is 13.0. The van der Waals surface area contributed by atoms with E-state index in [0.717, 1.165) is 72.6 Å². The summed E-state index contributed by atoms with van der Waals surface area (Å²) in [5.74, 6) is -1.82. The number of alkyl carbamates (subject to hydrolysis) is 1. The quantitative estimate of drug-likeness (QED) is 0.204. The van der Waals surface area contributed by atoms with E-state index in [0.29, 0.717) is 38.1 Å². The lowest BCUT2D eigenvalue weighted by Gasteiger charge is -2.30. The highest BCUT2D eigenvalue weighted by atomic mass is 32.2. The molecule has 342 valence electrons. The number of carbonyl (C=O) groups excluding carboxylic acids is 4. The number of carbonyl (C=O) groups is 4. The molecular weight excluding hydrogens is 843 g/mol. The summed E-state index contributed by atoms with van der Waals surface area (Å²) >= 11 is 1.63. The zero-order valence-corrected chi connectivity index (χ0v) is 39.1. The molecule has 0 radical (unpaired) electrons. The van der Waals surface area contributed by atoms with Gasteiger partial charge in [-0.3, -0.25) is 23.7 Å². The summed E-state index contributed by atoms with van der Waals surface area (Å²) in [5, 5.41) is 5.88. The van der Waals surface area contributed by atoms with Crippen LogP contribution < -0.4 is 19.7 Å². The Morgan fingerprint density at radius 2 is 1.76 bits per heavy atom. The molecule has 2 saturated heterocycles. The number of para-hydroxylation sites is 1. The van der Waals surface area contributed by atoms with Crippen LogP contribution in [0.2, 0.25) is 0 Å². The van der Waals surface area contributed by atoms with Crippen molar-refractivity contribution in [2.45, 2.75) is 160 Å². The second-order valence-corrected chi connectivity index (χ2v) is 22.9. The van der Waals surface area contributed by atoms with Crippen molar-refractivity contribution >= 4 is 61.2 Å². The molecular formula is C46H63N7O8S2. The van der Waals surface area contributed by atoms with E-state index in [4.69, 9.17) is 19.4 Å². The molecule has 8 rings (SSSR count). The first-order valence-corrected chi connectivity index (χ1v) is 25.2. The van der Waals surface area contributed by atoms with Gasteiger partial charge in [0.2, 0.25) is 21.8 Å². The second-order valence-electron chi connectivity index (χ2n) is 19.8. The maximum atomic E-state index is 14.8. The van der Waals surface area contributed by atoms with Gasteiger partial charge in [-0.2, -0.15) is 4.98 Å². The van der Waals surface area contributed by atoms with E-state index in [9.17, 15) is 27.6 Å². The van der Waals surface area contributed by atoms with E-state index in [1.165, 1.54) is 11.3 Å². The number of hydrogen-bond acceptors (Lipinski definition) is 12. The van der Waals surface area contributed by atoms with E-state index < -0.39 is 61.9 Å². The third-order valence-electron chi connectivity index (χ3n) is 13.4. The molecule has 2 aromatic heterocycles. The van der Waals surface area contributed by atoms with E-state index >= 15 is 0 Å². The van der Waals surface area contributed by atoms with Crippen LogP contribution in [0.3, 0.4) is 0 Å². The Balaban J connectivity index is 1.11. The van der Waals surface area contributed by atoms with E-state index in [1.807, 2.05) is 48.8 Å². The van der Waals surface area contributed by atoms with Crippen LogP contribution in [0.4, 0.5) is 9.93 Å². The summed E-state index contributed by atoms with van der Waals surface area (Å²) in [6, 6.07) is 4.29. The molecule has 5 atom stereocenters. The van der Waals surface area contributed by atoms with Gasteiger partial charge in [-0.1, -0.05) is 37.1 Å². The molecule has 2 N–H and O–H groups in total. The Hall–Kier alpha value is -4.51. The molecule has 2 saturated carbocycles. The molecule has 5 aliphatic rings. The molecule has 63 heavy (non-hydrogen) atoms. The topological polar surface area (TPSA) is 182 Å². The molecule has 3 aromatic rings. The lowest BCUT2D eigenvalue weighted by Crippen LogP contribution is -2.53. The Labute approximate surface area is 374 Å². The minimum atomic E-state index is -3.97. The first kappa shape index (κ1) is 45.1. The number of thiazole rings is 1. The number of ketones is 1. The average Bonchev–Trinajstić information content (AvgIpc) is 3.89. The fraction of sp³-hybridized carbons (Fsp3) is 0.652. The maximum Gasteiger partial charge on any atom is 0.408 e. The van der Waals surface area contributed by atoms with Crippen LogP contribution in [0.25, 0.3) is 22.3 Å². The SMILES string of the molecule is CC(C)n1c(O[C@@H]2C[C@H]3C(=O)C[C@]4(C(=O)NS(=O)(=O)C5(C)CC5)C[C@H]4/C=C\CCCCC[C@H](NC(=O)OC(C)(C)C)C(=O)N3C2)nc2c(-c3csc(N4CCCCC4)n3)cccc21. The summed E-state index contributed by atoms with van der Waals surface area (Å²) in [5.41, 5.74) is 1.23. The summed E-state index contributed by atoms with van der Waals surface area (Å²) in [6.07, 6.45) is 10.4. The summed E-state index contributed by atoms with van der Waals surface area (Å²) in [4.78, 5) is 70.8. The van der Waals surface area contributed by atoms with Crippen LogP contribution in [0.5, 0.6) is 6.01 Å². The van der Waals surface area contributed by atoms with Crippen molar-refractivity contribution < 1.29 is 37.1 Å². The highest BCUT2D eigenvalue weighted by Gasteiger charge is 2.62. The molecule has 2 aliphatic carbocycles. The van der Waals surface area contributed by atoms with Crippen LogP contribution in [0.1, 0.15) is 131 Å². The van der Waals surface area contributed by atoms with Gasteiger partial charge in [-0.15, -0.1) is 11.3 Å². The Morgan fingerprint density at radius 1 is 1.02 bits per heavy atom. The molecule has 0 bridgehead atoms. The number of benzene rings is 1. The van der Waals surface area contributed by atoms with Gasteiger partial charge < -0.3 is 24.6 Å². The lowest BCUT2D eigenvalue weighted by atomic mass is 9.91. The van der Waals surface area contributed by atoms with Gasteiger partial charge in [0.1, 0.15) is 23.3 Å². The highest BCUT2D eigenvalue weighted by molar-refractivity contribution is 7.91. The Bertz CT molecular complexity index is 2370. The molecule has 3 aliphatic heterocycles. The Morgan fingerprint density at radius 3 is 2.48 bits per heavy atom. The number of piperidine rings is 1. The fourth-order valence-corrected chi connectivity index (χ4v) is 11.6. The monoisotopic (exact) mass is 905 g/mol.